The van der Waals surface area contributed by atoms with E-state index in [4.69, 9.17) is 0 Å². The van der Waals surface area contributed by atoms with Gasteiger partial charge in [-0.25, -0.2) is 0 Å². The molecule has 1 N–H and O–H groups in total. The third kappa shape index (κ3) is 4.05. The maximum Gasteiger partial charge on any atom is 0.416 e. The van der Waals surface area contributed by atoms with Crippen molar-refractivity contribution in [2.75, 3.05) is 26.2 Å². The highest BCUT2D eigenvalue weighted by Crippen LogP contribution is 2.34. The van der Waals surface area contributed by atoms with Gasteiger partial charge in [-0.2, -0.15) is 13.2 Å². The number of piperazine rings is 1. The molecule has 3 rings (SSSR count). The number of alkyl halides is 3. The SMILES string of the molecule is Cc1ccc(C)c(C(c2ccc(C(F)(F)F)cc2)N2CCNCC2)c1. The minimum absolute atomic E-state index is 0.0238. The van der Waals surface area contributed by atoms with Crippen molar-refractivity contribution in [3.05, 3.63) is 70.3 Å². The van der Waals surface area contributed by atoms with E-state index in [2.05, 4.69) is 35.3 Å². The van der Waals surface area contributed by atoms with Gasteiger partial charge in [0.15, 0.2) is 0 Å². The summed E-state index contributed by atoms with van der Waals surface area (Å²) in [5.74, 6) is 0. The van der Waals surface area contributed by atoms with E-state index in [0.717, 1.165) is 42.9 Å². The van der Waals surface area contributed by atoms with Crippen molar-refractivity contribution in [2.24, 2.45) is 0 Å². The Bertz CT molecular complexity index is 717. The zero-order valence-corrected chi connectivity index (χ0v) is 14.5. The molecule has 1 unspecified atom stereocenters. The monoisotopic (exact) mass is 348 g/mol. The molecule has 0 radical (unpaired) electrons. The van der Waals surface area contributed by atoms with Crippen LogP contribution in [0.2, 0.25) is 0 Å². The van der Waals surface area contributed by atoms with Crippen LogP contribution in [0.3, 0.4) is 0 Å². The summed E-state index contributed by atoms with van der Waals surface area (Å²) in [7, 11) is 0. The van der Waals surface area contributed by atoms with E-state index in [1.807, 2.05) is 6.92 Å². The molecule has 0 amide bonds. The molecule has 1 saturated heterocycles. The predicted octanol–water partition coefficient (Wildman–Crippen LogP) is 4.32. The molecule has 25 heavy (non-hydrogen) atoms. The number of hydrogen-bond acceptors (Lipinski definition) is 2. The van der Waals surface area contributed by atoms with Gasteiger partial charge in [0.05, 0.1) is 11.6 Å². The van der Waals surface area contributed by atoms with Gasteiger partial charge in [-0.3, -0.25) is 4.90 Å². The van der Waals surface area contributed by atoms with Crippen LogP contribution >= 0.6 is 0 Å². The van der Waals surface area contributed by atoms with Crippen molar-refractivity contribution in [3.8, 4) is 0 Å². The summed E-state index contributed by atoms with van der Waals surface area (Å²) in [4.78, 5) is 2.35. The average Bonchev–Trinajstić information content (AvgIpc) is 2.59. The fourth-order valence-corrected chi connectivity index (χ4v) is 3.44. The Labute approximate surface area is 146 Å². The minimum Gasteiger partial charge on any atom is -0.314 e. The van der Waals surface area contributed by atoms with Crippen molar-refractivity contribution in [1.29, 1.82) is 0 Å². The normalized spacial score (nSPS) is 17.5. The maximum absolute atomic E-state index is 12.9. The molecule has 134 valence electrons. The second-order valence-electron chi connectivity index (χ2n) is 6.67. The summed E-state index contributed by atoms with van der Waals surface area (Å²) >= 11 is 0. The first-order valence-corrected chi connectivity index (χ1v) is 8.55. The van der Waals surface area contributed by atoms with Gasteiger partial charge < -0.3 is 5.32 Å². The lowest BCUT2D eigenvalue weighted by molar-refractivity contribution is -0.137. The molecule has 0 aromatic heterocycles. The van der Waals surface area contributed by atoms with Crippen molar-refractivity contribution in [1.82, 2.24) is 10.2 Å². The topological polar surface area (TPSA) is 15.3 Å². The van der Waals surface area contributed by atoms with Crippen molar-refractivity contribution >= 4 is 0 Å². The third-order valence-electron chi connectivity index (χ3n) is 4.80. The smallest absolute Gasteiger partial charge is 0.314 e. The van der Waals surface area contributed by atoms with E-state index < -0.39 is 11.7 Å². The molecule has 1 aliphatic rings. The van der Waals surface area contributed by atoms with Gasteiger partial charge in [-0.15, -0.1) is 0 Å². The van der Waals surface area contributed by atoms with Crippen LogP contribution in [0.1, 0.15) is 33.9 Å². The molecule has 1 fully saturated rings. The Morgan fingerprint density at radius 3 is 2.20 bits per heavy atom. The Kier molecular flexibility index (Phi) is 5.16. The van der Waals surface area contributed by atoms with E-state index >= 15 is 0 Å². The van der Waals surface area contributed by atoms with Crippen LogP contribution in [0.4, 0.5) is 13.2 Å². The van der Waals surface area contributed by atoms with Crippen molar-refractivity contribution < 1.29 is 13.2 Å². The van der Waals surface area contributed by atoms with Crippen LogP contribution in [0.5, 0.6) is 0 Å². The molecule has 1 heterocycles. The Morgan fingerprint density at radius 2 is 1.60 bits per heavy atom. The molecule has 2 aromatic rings. The first kappa shape index (κ1) is 18.0. The molecule has 2 nitrogen and oxygen atoms in total. The summed E-state index contributed by atoms with van der Waals surface area (Å²) in [6, 6.07) is 11.9. The van der Waals surface area contributed by atoms with Crippen molar-refractivity contribution in [3.63, 3.8) is 0 Å². The largest absolute Gasteiger partial charge is 0.416 e. The van der Waals surface area contributed by atoms with E-state index in [9.17, 15) is 13.2 Å². The lowest BCUT2D eigenvalue weighted by Gasteiger charge is -2.36. The number of hydrogen-bond donors (Lipinski definition) is 1. The first-order valence-electron chi connectivity index (χ1n) is 8.55. The number of aryl methyl sites for hydroxylation is 2. The van der Waals surface area contributed by atoms with Crippen LogP contribution in [0, 0.1) is 13.8 Å². The van der Waals surface area contributed by atoms with Gasteiger partial charge in [0.25, 0.3) is 0 Å². The maximum atomic E-state index is 12.9. The molecule has 1 aliphatic heterocycles. The van der Waals surface area contributed by atoms with Crippen molar-refractivity contribution in [2.45, 2.75) is 26.1 Å². The summed E-state index contributed by atoms with van der Waals surface area (Å²) in [5.41, 5.74) is 3.79. The third-order valence-corrected chi connectivity index (χ3v) is 4.80. The number of halogens is 3. The molecule has 2 aromatic carbocycles. The second kappa shape index (κ2) is 7.18. The van der Waals surface area contributed by atoms with Gasteiger partial charge in [0, 0.05) is 26.2 Å². The molecule has 0 aliphatic carbocycles. The van der Waals surface area contributed by atoms with Crippen LogP contribution < -0.4 is 5.32 Å². The zero-order valence-electron chi connectivity index (χ0n) is 14.5. The summed E-state index contributed by atoms with van der Waals surface area (Å²) in [6.45, 7) is 7.64. The van der Waals surface area contributed by atoms with E-state index in [1.165, 1.54) is 17.7 Å². The highest BCUT2D eigenvalue weighted by Gasteiger charge is 2.31. The van der Waals surface area contributed by atoms with Crippen LogP contribution in [-0.2, 0) is 6.18 Å². The highest BCUT2D eigenvalue weighted by molar-refractivity contribution is 5.40. The molecule has 5 heteroatoms. The van der Waals surface area contributed by atoms with Gasteiger partial charge in [-0.05, 0) is 42.7 Å². The van der Waals surface area contributed by atoms with Crippen LogP contribution in [0.25, 0.3) is 0 Å². The van der Waals surface area contributed by atoms with Crippen LogP contribution in [0.15, 0.2) is 42.5 Å². The predicted molar refractivity (Wildman–Crippen MR) is 93.6 cm³/mol. The van der Waals surface area contributed by atoms with Gasteiger partial charge >= 0.3 is 6.18 Å². The first-order chi connectivity index (χ1) is 11.9. The molecule has 0 saturated carbocycles. The fourth-order valence-electron chi connectivity index (χ4n) is 3.44. The summed E-state index contributed by atoms with van der Waals surface area (Å²) in [6.07, 6.45) is -4.30. The average molecular weight is 348 g/mol. The lowest BCUT2D eigenvalue weighted by Crippen LogP contribution is -2.45. The van der Waals surface area contributed by atoms with Gasteiger partial charge in [-0.1, -0.05) is 35.9 Å². The molecule has 1 atom stereocenters. The second-order valence-corrected chi connectivity index (χ2v) is 6.67. The van der Waals surface area contributed by atoms with Crippen LogP contribution in [-0.4, -0.2) is 31.1 Å². The molecule has 0 spiro atoms. The van der Waals surface area contributed by atoms with E-state index in [-0.39, 0.29) is 6.04 Å². The minimum atomic E-state index is -4.30. The lowest BCUT2D eigenvalue weighted by atomic mass is 9.91. The number of benzene rings is 2. The van der Waals surface area contributed by atoms with Gasteiger partial charge in [0.2, 0.25) is 0 Å². The Hall–Kier alpha value is -1.85. The number of rotatable bonds is 3. The van der Waals surface area contributed by atoms with Gasteiger partial charge in [0.1, 0.15) is 0 Å². The molecule has 0 bridgehead atoms. The zero-order chi connectivity index (χ0) is 18.0. The molecular formula is C20H23F3N2. The Balaban J connectivity index is 2.03. The quantitative estimate of drug-likeness (QED) is 0.889. The number of nitrogens with one attached hydrogen (secondary N) is 1. The summed E-state index contributed by atoms with van der Waals surface area (Å²) < 4.78 is 38.7. The summed E-state index contributed by atoms with van der Waals surface area (Å²) in [5, 5.41) is 3.34. The molecular weight excluding hydrogens is 325 g/mol. The highest BCUT2D eigenvalue weighted by atomic mass is 19.4. The Morgan fingerprint density at radius 1 is 0.960 bits per heavy atom. The van der Waals surface area contributed by atoms with E-state index in [1.54, 1.807) is 12.1 Å². The fraction of sp³-hybridized carbons (Fsp3) is 0.400. The van der Waals surface area contributed by atoms with E-state index in [0.29, 0.717) is 0 Å². The number of nitrogens with zero attached hydrogens (tertiary/aromatic N) is 1. The standard InChI is InChI=1S/C20H23F3N2/c1-14-3-4-15(2)18(13-14)19(25-11-9-24-10-12-25)16-5-7-17(8-6-16)20(21,22)23/h3-8,13,19,24H,9-12H2,1-2H3.